The molecule has 0 N–H and O–H groups in total. The lowest BCUT2D eigenvalue weighted by Crippen LogP contribution is -2.34. The summed E-state index contributed by atoms with van der Waals surface area (Å²) in [6.07, 6.45) is 4.78. The molecule has 0 spiro atoms. The van der Waals surface area contributed by atoms with Crippen molar-refractivity contribution in [1.82, 2.24) is 9.47 Å². The largest absolute Gasteiger partial charge is 0.496 e. The molecule has 1 aliphatic carbocycles. The van der Waals surface area contributed by atoms with Crippen LogP contribution in [-0.4, -0.2) is 36.2 Å². The van der Waals surface area contributed by atoms with Gasteiger partial charge in [0.25, 0.3) is 0 Å². The van der Waals surface area contributed by atoms with Crippen LogP contribution < -0.4 is 4.74 Å². The Balaban J connectivity index is 2.02. The van der Waals surface area contributed by atoms with Gasteiger partial charge in [0.05, 0.1) is 12.6 Å². The molecule has 3 rings (SSSR count). The highest BCUT2D eigenvalue weighted by atomic mass is 16.5. The van der Waals surface area contributed by atoms with E-state index in [9.17, 15) is 0 Å². The minimum absolute atomic E-state index is 0.365. The Hall–Kier alpha value is -1.48. The number of benzene rings is 1. The van der Waals surface area contributed by atoms with Gasteiger partial charge in [-0.05, 0) is 51.6 Å². The number of hydrogen-bond donors (Lipinski definition) is 0. The first-order valence-electron chi connectivity index (χ1n) is 6.87. The Kier molecular flexibility index (Phi) is 2.82. The molecule has 1 aromatic carbocycles. The lowest BCUT2D eigenvalue weighted by atomic mass is 10.1. The SMILES string of the molecule is COc1c(C)ccc2c1ccn2CC1(N(C)C)CC1. The van der Waals surface area contributed by atoms with Crippen molar-refractivity contribution in [2.75, 3.05) is 21.2 Å². The van der Waals surface area contributed by atoms with Crippen LogP contribution in [0.15, 0.2) is 24.4 Å². The summed E-state index contributed by atoms with van der Waals surface area (Å²) in [7, 11) is 6.12. The van der Waals surface area contributed by atoms with Crippen molar-refractivity contribution in [3.63, 3.8) is 0 Å². The molecule has 3 heteroatoms. The van der Waals surface area contributed by atoms with E-state index in [0.29, 0.717) is 5.54 Å². The molecule has 0 radical (unpaired) electrons. The summed E-state index contributed by atoms with van der Waals surface area (Å²) in [5.74, 6) is 1.01. The van der Waals surface area contributed by atoms with E-state index in [4.69, 9.17) is 4.74 Å². The third-order valence-corrected chi connectivity index (χ3v) is 4.55. The molecule has 0 atom stereocenters. The van der Waals surface area contributed by atoms with Gasteiger partial charge >= 0.3 is 0 Å². The van der Waals surface area contributed by atoms with Gasteiger partial charge in [0.1, 0.15) is 5.75 Å². The quantitative estimate of drug-likeness (QED) is 0.838. The summed E-state index contributed by atoms with van der Waals surface area (Å²) in [6, 6.07) is 6.53. The Bertz CT molecular complexity index is 608. The zero-order valence-electron chi connectivity index (χ0n) is 12.2. The minimum Gasteiger partial charge on any atom is -0.496 e. The van der Waals surface area contributed by atoms with E-state index >= 15 is 0 Å². The molecule has 3 nitrogen and oxygen atoms in total. The molecule has 1 aromatic heterocycles. The lowest BCUT2D eigenvalue weighted by Gasteiger charge is -2.24. The molecule has 0 unspecified atom stereocenters. The summed E-state index contributed by atoms with van der Waals surface area (Å²) in [4.78, 5) is 2.37. The topological polar surface area (TPSA) is 17.4 Å². The monoisotopic (exact) mass is 258 g/mol. The zero-order chi connectivity index (χ0) is 13.6. The van der Waals surface area contributed by atoms with Crippen LogP contribution in [0.3, 0.4) is 0 Å². The normalized spacial score (nSPS) is 17.1. The highest BCUT2D eigenvalue weighted by Gasteiger charge is 2.45. The Morgan fingerprint density at radius 2 is 2.00 bits per heavy atom. The van der Waals surface area contributed by atoms with Crippen molar-refractivity contribution in [2.45, 2.75) is 31.8 Å². The second kappa shape index (κ2) is 4.27. The molecule has 1 aliphatic rings. The number of rotatable bonds is 4. The lowest BCUT2D eigenvalue weighted by molar-refractivity contribution is 0.244. The summed E-state index contributed by atoms with van der Waals surface area (Å²) in [6.45, 7) is 3.16. The van der Waals surface area contributed by atoms with Crippen molar-refractivity contribution in [3.8, 4) is 5.75 Å². The average Bonchev–Trinajstić information content (AvgIpc) is 3.06. The van der Waals surface area contributed by atoms with Crippen molar-refractivity contribution < 1.29 is 4.74 Å². The van der Waals surface area contributed by atoms with Gasteiger partial charge in [0.2, 0.25) is 0 Å². The third kappa shape index (κ3) is 1.93. The molecule has 1 fully saturated rings. The van der Waals surface area contributed by atoms with Crippen molar-refractivity contribution >= 4 is 10.9 Å². The molecule has 19 heavy (non-hydrogen) atoms. The summed E-state index contributed by atoms with van der Waals surface area (Å²) >= 11 is 0. The first-order valence-corrected chi connectivity index (χ1v) is 6.87. The minimum atomic E-state index is 0.365. The fourth-order valence-electron chi connectivity index (χ4n) is 2.97. The van der Waals surface area contributed by atoms with E-state index in [1.807, 2.05) is 0 Å². The molecular formula is C16H22N2O. The second-order valence-electron chi connectivity index (χ2n) is 5.91. The molecule has 0 saturated heterocycles. The Morgan fingerprint density at radius 3 is 2.58 bits per heavy atom. The van der Waals surface area contributed by atoms with Gasteiger partial charge in [-0.1, -0.05) is 6.07 Å². The van der Waals surface area contributed by atoms with Gasteiger partial charge in [-0.2, -0.15) is 0 Å². The van der Waals surface area contributed by atoms with Crippen LogP contribution in [0.4, 0.5) is 0 Å². The van der Waals surface area contributed by atoms with Gasteiger partial charge in [-0.15, -0.1) is 0 Å². The molecule has 0 bridgehead atoms. The van der Waals surface area contributed by atoms with E-state index in [-0.39, 0.29) is 0 Å². The molecule has 1 saturated carbocycles. The fraction of sp³-hybridized carbons (Fsp3) is 0.500. The molecule has 2 aromatic rings. The summed E-state index contributed by atoms with van der Waals surface area (Å²) in [5, 5.41) is 1.22. The molecule has 102 valence electrons. The Morgan fingerprint density at radius 1 is 1.26 bits per heavy atom. The molecular weight excluding hydrogens is 236 g/mol. The standard InChI is InChI=1S/C16H22N2O/c1-12-5-6-14-13(15(12)19-4)7-10-18(14)11-16(8-9-16)17(2)3/h5-7,10H,8-9,11H2,1-4H3. The van der Waals surface area contributed by atoms with Crippen molar-refractivity contribution in [3.05, 3.63) is 30.0 Å². The molecule has 0 amide bonds. The number of hydrogen-bond acceptors (Lipinski definition) is 2. The highest BCUT2D eigenvalue weighted by Crippen LogP contribution is 2.42. The maximum Gasteiger partial charge on any atom is 0.131 e. The summed E-state index contributed by atoms with van der Waals surface area (Å²) in [5.41, 5.74) is 2.83. The van der Waals surface area contributed by atoms with Crippen molar-refractivity contribution in [1.29, 1.82) is 0 Å². The number of nitrogens with zero attached hydrogens (tertiary/aromatic N) is 2. The molecule has 0 aliphatic heterocycles. The van der Waals surface area contributed by atoms with Crippen molar-refractivity contribution in [2.24, 2.45) is 0 Å². The fourth-order valence-corrected chi connectivity index (χ4v) is 2.97. The zero-order valence-corrected chi connectivity index (χ0v) is 12.2. The number of fused-ring (bicyclic) bond motifs is 1. The van der Waals surface area contributed by atoms with Crippen LogP contribution >= 0.6 is 0 Å². The van der Waals surface area contributed by atoms with E-state index in [1.165, 1.54) is 29.3 Å². The van der Waals surface area contributed by atoms with Crippen LogP contribution in [0.1, 0.15) is 18.4 Å². The van der Waals surface area contributed by atoms with Gasteiger partial charge in [-0.3, -0.25) is 0 Å². The number of likely N-dealkylation sites (N-methyl/N-ethyl adjacent to an activating group) is 1. The maximum atomic E-state index is 5.54. The number of ether oxygens (including phenoxy) is 1. The van der Waals surface area contributed by atoms with E-state index in [0.717, 1.165) is 12.3 Å². The van der Waals surface area contributed by atoms with E-state index in [1.54, 1.807) is 7.11 Å². The van der Waals surface area contributed by atoms with Gasteiger partial charge < -0.3 is 14.2 Å². The molecule has 1 heterocycles. The van der Waals surface area contributed by atoms with E-state index in [2.05, 4.69) is 54.9 Å². The predicted molar refractivity (Wildman–Crippen MR) is 78.9 cm³/mol. The maximum absolute atomic E-state index is 5.54. The predicted octanol–water partition coefficient (Wildman–Crippen LogP) is 3.05. The van der Waals surface area contributed by atoms with Gasteiger partial charge in [-0.25, -0.2) is 0 Å². The third-order valence-electron chi connectivity index (χ3n) is 4.55. The highest BCUT2D eigenvalue weighted by molar-refractivity contribution is 5.87. The smallest absolute Gasteiger partial charge is 0.131 e. The van der Waals surface area contributed by atoms with Gasteiger partial charge in [0.15, 0.2) is 0 Å². The van der Waals surface area contributed by atoms with Crippen LogP contribution in [0.2, 0.25) is 0 Å². The number of methoxy groups -OCH3 is 1. The van der Waals surface area contributed by atoms with Crippen LogP contribution in [-0.2, 0) is 6.54 Å². The Labute approximate surface area is 114 Å². The van der Waals surface area contributed by atoms with Crippen LogP contribution in [0, 0.1) is 6.92 Å². The number of aromatic nitrogens is 1. The second-order valence-corrected chi connectivity index (χ2v) is 5.91. The number of aryl methyl sites for hydroxylation is 1. The average molecular weight is 258 g/mol. The van der Waals surface area contributed by atoms with E-state index < -0.39 is 0 Å². The van der Waals surface area contributed by atoms with Crippen LogP contribution in [0.25, 0.3) is 10.9 Å². The van der Waals surface area contributed by atoms with Gasteiger partial charge in [0, 0.05) is 23.7 Å². The summed E-state index contributed by atoms with van der Waals surface area (Å²) < 4.78 is 7.91. The first-order chi connectivity index (χ1) is 9.07. The first kappa shape index (κ1) is 12.5. The van der Waals surface area contributed by atoms with Crippen LogP contribution in [0.5, 0.6) is 5.75 Å².